The number of carbonyl (C=O) groups is 1. The van der Waals surface area contributed by atoms with Crippen molar-refractivity contribution in [1.82, 2.24) is 9.21 Å². The fraction of sp³-hybridized carbons (Fsp3) is 0.480. The lowest BCUT2D eigenvalue weighted by Crippen LogP contribution is -2.47. The Morgan fingerprint density at radius 1 is 0.882 bits per heavy atom. The fourth-order valence-corrected chi connectivity index (χ4v) is 6.41. The number of benzene rings is 2. The first-order valence-corrected chi connectivity index (χ1v) is 13.2. The van der Waals surface area contributed by atoms with Gasteiger partial charge >= 0.3 is 0 Å². The van der Waals surface area contributed by atoms with Crippen LogP contribution in [-0.4, -0.2) is 42.7 Å². The van der Waals surface area contributed by atoms with Crippen molar-refractivity contribution in [3.8, 4) is 0 Å². The molecule has 1 saturated carbocycles. The molecular weight excluding hydrogens is 465 g/mol. The molecule has 1 amide bonds. The minimum atomic E-state index is -3.98. The molecule has 1 aliphatic carbocycles. The third-order valence-corrected chi connectivity index (χ3v) is 8.79. The Bertz CT molecular complexity index is 1110. The summed E-state index contributed by atoms with van der Waals surface area (Å²) in [5, 5.41) is 0. The molecule has 2 fully saturated rings. The van der Waals surface area contributed by atoms with E-state index in [1.807, 2.05) is 4.90 Å². The van der Waals surface area contributed by atoms with Crippen molar-refractivity contribution in [2.75, 3.05) is 13.1 Å². The van der Waals surface area contributed by atoms with Crippen molar-refractivity contribution >= 4 is 15.9 Å². The number of hydrogen-bond acceptors (Lipinski definition) is 3. The first-order valence-electron chi connectivity index (χ1n) is 11.8. The molecule has 0 N–H and O–H groups in total. The summed E-state index contributed by atoms with van der Waals surface area (Å²) in [4.78, 5) is 15.2. The van der Waals surface area contributed by atoms with E-state index in [1.165, 1.54) is 16.4 Å². The van der Waals surface area contributed by atoms with Gasteiger partial charge in [0.25, 0.3) is 0 Å². The lowest BCUT2D eigenvalue weighted by atomic mass is 9.90. The third-order valence-electron chi connectivity index (χ3n) is 6.90. The minimum absolute atomic E-state index is 0.00102. The van der Waals surface area contributed by atoms with Crippen LogP contribution in [0.1, 0.15) is 50.5 Å². The monoisotopic (exact) mass is 494 g/mol. The van der Waals surface area contributed by atoms with Crippen LogP contribution in [0, 0.1) is 23.4 Å². The van der Waals surface area contributed by atoms with Gasteiger partial charge in [0, 0.05) is 31.6 Å². The predicted molar refractivity (Wildman–Crippen MR) is 122 cm³/mol. The van der Waals surface area contributed by atoms with Gasteiger partial charge in [0.2, 0.25) is 15.9 Å². The van der Waals surface area contributed by atoms with Crippen LogP contribution in [0.3, 0.4) is 0 Å². The lowest BCUT2D eigenvalue weighted by Gasteiger charge is -2.39. The lowest BCUT2D eigenvalue weighted by molar-refractivity contribution is -0.140. The van der Waals surface area contributed by atoms with E-state index in [0.29, 0.717) is 25.5 Å². The smallest absolute Gasteiger partial charge is 0.243 e. The van der Waals surface area contributed by atoms with Gasteiger partial charge in [-0.2, -0.15) is 4.31 Å². The largest absolute Gasteiger partial charge is 0.335 e. The van der Waals surface area contributed by atoms with Crippen LogP contribution < -0.4 is 0 Å². The number of carbonyl (C=O) groups excluding carboxylic acids is 1. The van der Waals surface area contributed by atoms with Gasteiger partial charge in [-0.25, -0.2) is 21.6 Å². The van der Waals surface area contributed by atoms with Gasteiger partial charge in [0.1, 0.15) is 5.82 Å². The molecule has 2 aromatic rings. The fourth-order valence-electron chi connectivity index (χ4n) is 4.93. The first-order chi connectivity index (χ1) is 16.3. The van der Waals surface area contributed by atoms with Crippen molar-refractivity contribution in [1.29, 1.82) is 0 Å². The summed E-state index contributed by atoms with van der Waals surface area (Å²) in [6, 6.07) is 8.82. The molecule has 0 spiro atoms. The second-order valence-corrected chi connectivity index (χ2v) is 11.1. The SMILES string of the molecule is O=C(C1CCN(S(=O)(=O)c2ccc(F)c(F)c2)CC1)N(Cc1ccc(F)cc1)C1CCCCC1. The second kappa shape index (κ2) is 10.5. The summed E-state index contributed by atoms with van der Waals surface area (Å²) in [6.45, 7) is 0.663. The Morgan fingerprint density at radius 3 is 2.15 bits per heavy atom. The summed E-state index contributed by atoms with van der Waals surface area (Å²) in [5.41, 5.74) is 0.860. The molecule has 34 heavy (non-hydrogen) atoms. The Hall–Kier alpha value is -2.39. The summed E-state index contributed by atoms with van der Waals surface area (Å²) < 4.78 is 67.2. The standard InChI is InChI=1S/C25H29F3N2O3S/c26-20-8-6-18(7-9-20)17-30(21-4-2-1-3-5-21)25(31)19-12-14-29(15-13-19)34(32,33)22-10-11-23(27)24(28)16-22/h6-11,16,19,21H,1-5,12-15,17H2. The second-order valence-electron chi connectivity index (χ2n) is 9.14. The average molecular weight is 495 g/mol. The highest BCUT2D eigenvalue weighted by molar-refractivity contribution is 7.89. The van der Waals surface area contributed by atoms with E-state index in [9.17, 15) is 26.4 Å². The topological polar surface area (TPSA) is 57.7 Å². The van der Waals surface area contributed by atoms with Gasteiger partial charge in [-0.15, -0.1) is 0 Å². The molecule has 0 atom stereocenters. The number of piperidine rings is 1. The van der Waals surface area contributed by atoms with Crippen molar-refractivity contribution in [2.45, 2.75) is 62.4 Å². The summed E-state index contributed by atoms with van der Waals surface area (Å²) in [7, 11) is -3.98. The van der Waals surface area contributed by atoms with Crippen LogP contribution in [0.25, 0.3) is 0 Å². The van der Waals surface area contributed by atoms with Crippen molar-refractivity contribution in [3.63, 3.8) is 0 Å². The zero-order chi connectivity index (χ0) is 24.3. The Balaban J connectivity index is 1.45. The highest BCUT2D eigenvalue weighted by atomic mass is 32.2. The van der Waals surface area contributed by atoms with E-state index in [-0.39, 0.29) is 41.7 Å². The number of sulfonamides is 1. The molecule has 2 aromatic carbocycles. The van der Waals surface area contributed by atoms with Crippen molar-refractivity contribution in [2.24, 2.45) is 5.92 Å². The number of amides is 1. The zero-order valence-electron chi connectivity index (χ0n) is 18.9. The average Bonchev–Trinajstić information content (AvgIpc) is 2.85. The van der Waals surface area contributed by atoms with E-state index in [0.717, 1.165) is 49.8 Å². The maximum absolute atomic E-state index is 13.6. The molecule has 5 nitrogen and oxygen atoms in total. The number of nitrogens with zero attached hydrogens (tertiary/aromatic N) is 2. The van der Waals surface area contributed by atoms with Gasteiger partial charge in [-0.1, -0.05) is 31.4 Å². The van der Waals surface area contributed by atoms with Crippen LogP contribution in [-0.2, 0) is 21.4 Å². The van der Waals surface area contributed by atoms with Crippen LogP contribution in [0.2, 0.25) is 0 Å². The van der Waals surface area contributed by atoms with Gasteiger partial charge in [0.15, 0.2) is 11.6 Å². The summed E-state index contributed by atoms with van der Waals surface area (Å²) >= 11 is 0. The predicted octanol–water partition coefficient (Wildman–Crippen LogP) is 4.87. The van der Waals surface area contributed by atoms with Crippen LogP contribution in [0.4, 0.5) is 13.2 Å². The first kappa shape index (κ1) is 24.7. The van der Waals surface area contributed by atoms with E-state index in [2.05, 4.69) is 0 Å². The van der Waals surface area contributed by atoms with Crippen molar-refractivity contribution in [3.05, 3.63) is 65.5 Å². The highest BCUT2D eigenvalue weighted by Crippen LogP contribution is 2.30. The Labute approximate surface area is 198 Å². The van der Waals surface area contributed by atoms with Gasteiger partial charge < -0.3 is 4.90 Å². The van der Waals surface area contributed by atoms with E-state index >= 15 is 0 Å². The normalized spacial score (nSPS) is 18.7. The molecule has 1 heterocycles. The third kappa shape index (κ3) is 5.46. The Kier molecular flexibility index (Phi) is 7.62. The number of hydrogen-bond donors (Lipinski definition) is 0. The summed E-state index contributed by atoms with van der Waals surface area (Å²) in [6.07, 6.45) is 5.83. The van der Waals surface area contributed by atoms with E-state index < -0.39 is 21.7 Å². The molecule has 1 saturated heterocycles. The molecule has 0 bridgehead atoms. The van der Waals surface area contributed by atoms with Crippen LogP contribution >= 0.6 is 0 Å². The van der Waals surface area contributed by atoms with Crippen LogP contribution in [0.15, 0.2) is 47.4 Å². The maximum atomic E-state index is 13.6. The van der Waals surface area contributed by atoms with Crippen LogP contribution in [0.5, 0.6) is 0 Å². The highest BCUT2D eigenvalue weighted by Gasteiger charge is 2.36. The molecule has 0 radical (unpaired) electrons. The molecule has 0 unspecified atom stereocenters. The van der Waals surface area contributed by atoms with Gasteiger partial charge in [-0.3, -0.25) is 4.79 Å². The quantitative estimate of drug-likeness (QED) is 0.576. The van der Waals surface area contributed by atoms with E-state index in [4.69, 9.17) is 0 Å². The molecule has 4 rings (SSSR count). The molecule has 184 valence electrons. The molecule has 2 aliphatic rings. The van der Waals surface area contributed by atoms with Gasteiger partial charge in [-0.05, 0) is 61.6 Å². The maximum Gasteiger partial charge on any atom is 0.243 e. The summed E-state index contributed by atoms with van der Waals surface area (Å²) in [5.74, 6) is -2.96. The van der Waals surface area contributed by atoms with E-state index in [1.54, 1.807) is 12.1 Å². The molecule has 9 heteroatoms. The number of halogens is 3. The number of rotatable bonds is 6. The minimum Gasteiger partial charge on any atom is -0.335 e. The zero-order valence-corrected chi connectivity index (χ0v) is 19.7. The molecule has 0 aromatic heterocycles. The Morgan fingerprint density at radius 2 is 1.53 bits per heavy atom. The van der Waals surface area contributed by atoms with Gasteiger partial charge in [0.05, 0.1) is 4.90 Å². The van der Waals surface area contributed by atoms with Crippen molar-refractivity contribution < 1.29 is 26.4 Å². The molecular formula is C25H29F3N2O3S. The molecule has 1 aliphatic heterocycles.